The molecule has 2 amide bonds. The fraction of sp³-hybridized carbons (Fsp3) is 0.478. The molecule has 1 aromatic carbocycles. The molecule has 0 saturated carbocycles. The van der Waals surface area contributed by atoms with Crippen LogP contribution in [-0.4, -0.2) is 42.6 Å². The Kier molecular flexibility index (Phi) is 9.12. The number of halogens is 1. The van der Waals surface area contributed by atoms with Crippen molar-refractivity contribution in [3.05, 3.63) is 53.6 Å². The van der Waals surface area contributed by atoms with Crippen molar-refractivity contribution in [2.45, 2.75) is 52.1 Å². The van der Waals surface area contributed by atoms with Crippen LogP contribution in [0.1, 0.15) is 38.8 Å². The topological polar surface area (TPSA) is 79.5 Å². The van der Waals surface area contributed by atoms with E-state index in [-0.39, 0.29) is 41.9 Å². The predicted octanol–water partition coefficient (Wildman–Crippen LogP) is 2.84. The van der Waals surface area contributed by atoms with Crippen LogP contribution in [0.25, 0.3) is 0 Å². The molecule has 0 spiro atoms. The number of benzene rings is 1. The van der Waals surface area contributed by atoms with Gasteiger partial charge in [-0.3, -0.25) is 14.9 Å². The van der Waals surface area contributed by atoms with Crippen molar-refractivity contribution in [1.29, 1.82) is 0 Å². The van der Waals surface area contributed by atoms with Crippen molar-refractivity contribution in [2.75, 3.05) is 19.7 Å². The number of hydrogen-bond acceptors (Lipinski definition) is 4. The van der Waals surface area contributed by atoms with E-state index < -0.39 is 0 Å². The second-order valence-corrected chi connectivity index (χ2v) is 8.53. The van der Waals surface area contributed by atoms with Gasteiger partial charge in [-0.15, -0.1) is 19.0 Å². The van der Waals surface area contributed by atoms with Gasteiger partial charge < -0.3 is 15.4 Å². The summed E-state index contributed by atoms with van der Waals surface area (Å²) in [4.78, 5) is 24.5. The Labute approximate surface area is 185 Å². The first-order chi connectivity index (χ1) is 13.5. The molecule has 1 aliphatic rings. The van der Waals surface area contributed by atoms with E-state index in [1.807, 2.05) is 65.0 Å². The first-order valence-electron chi connectivity index (χ1n) is 9.95. The van der Waals surface area contributed by atoms with Crippen LogP contribution in [0, 0.1) is 6.92 Å². The fourth-order valence-electron chi connectivity index (χ4n) is 3.63. The van der Waals surface area contributed by atoms with Gasteiger partial charge in [0.05, 0.1) is 0 Å². The monoisotopic (exact) mass is 435 g/mol. The lowest BCUT2D eigenvalue weighted by Crippen LogP contribution is -2.48. The van der Waals surface area contributed by atoms with Gasteiger partial charge in [-0.05, 0) is 52.7 Å². The zero-order valence-corrected chi connectivity index (χ0v) is 19.4. The zero-order valence-electron chi connectivity index (χ0n) is 18.6. The van der Waals surface area contributed by atoms with Crippen molar-refractivity contribution < 1.29 is 14.3 Å². The predicted molar refractivity (Wildman–Crippen MR) is 123 cm³/mol. The highest BCUT2D eigenvalue weighted by atomic mass is 35.5. The largest absolute Gasteiger partial charge is 0.483 e. The van der Waals surface area contributed by atoms with Crippen LogP contribution in [0.5, 0.6) is 5.75 Å². The Balaban J connectivity index is 0.00000450. The molecule has 1 aliphatic heterocycles. The summed E-state index contributed by atoms with van der Waals surface area (Å²) in [6.07, 6.45) is 4.45. The number of ether oxygens (including phenoxy) is 1. The second kappa shape index (κ2) is 10.6. The van der Waals surface area contributed by atoms with E-state index in [9.17, 15) is 9.59 Å². The number of rotatable bonds is 9. The Morgan fingerprint density at radius 1 is 1.17 bits per heavy atom. The molecule has 166 valence electrons. The van der Waals surface area contributed by atoms with Gasteiger partial charge in [0.15, 0.2) is 6.61 Å². The van der Waals surface area contributed by atoms with E-state index >= 15 is 0 Å². The van der Waals surface area contributed by atoms with Crippen molar-refractivity contribution in [1.82, 2.24) is 16.0 Å². The summed E-state index contributed by atoms with van der Waals surface area (Å²) in [7, 11) is 0. The molecule has 6 nitrogen and oxygen atoms in total. The fourth-order valence-corrected chi connectivity index (χ4v) is 3.63. The number of aryl methyl sites for hydroxylation is 1. The molecule has 1 heterocycles. The highest BCUT2D eigenvalue weighted by molar-refractivity contribution is 5.96. The van der Waals surface area contributed by atoms with Crippen molar-refractivity contribution in [3.63, 3.8) is 0 Å². The van der Waals surface area contributed by atoms with Crippen LogP contribution in [0.15, 0.2) is 42.5 Å². The van der Waals surface area contributed by atoms with Crippen molar-refractivity contribution in [2.24, 2.45) is 0 Å². The first kappa shape index (κ1) is 25.7. The Hall–Kier alpha value is -2.31. The minimum Gasteiger partial charge on any atom is -0.483 e. The molecule has 0 atom stereocenters. The number of hydrogen-bond donors (Lipinski definition) is 3. The molecule has 0 bridgehead atoms. The number of carbonyl (C=O) groups excluding carboxylic acids is 2. The Morgan fingerprint density at radius 3 is 2.43 bits per heavy atom. The lowest BCUT2D eigenvalue weighted by molar-refractivity contribution is -0.123. The van der Waals surface area contributed by atoms with Gasteiger partial charge in [0.1, 0.15) is 5.75 Å². The maximum atomic E-state index is 12.5. The number of amides is 2. The maximum absolute atomic E-state index is 12.5. The maximum Gasteiger partial charge on any atom is 0.258 e. The summed E-state index contributed by atoms with van der Waals surface area (Å²) in [6.45, 7) is 14.4. The van der Waals surface area contributed by atoms with E-state index in [4.69, 9.17) is 4.74 Å². The minimum atomic E-state index is -0.387. The van der Waals surface area contributed by atoms with Gasteiger partial charge in [-0.25, -0.2) is 0 Å². The molecule has 30 heavy (non-hydrogen) atoms. The highest BCUT2D eigenvalue weighted by Gasteiger charge is 2.39. The molecule has 1 aromatic rings. The molecule has 0 aromatic heterocycles. The third kappa shape index (κ3) is 7.18. The number of nitrogens with one attached hydrogen (secondary N) is 3. The molecular weight excluding hydrogens is 402 g/mol. The smallest absolute Gasteiger partial charge is 0.258 e. The molecule has 7 heteroatoms. The number of carbonyl (C=O) groups is 2. The quantitative estimate of drug-likeness (QED) is 0.411. The van der Waals surface area contributed by atoms with Crippen LogP contribution in [0.4, 0.5) is 0 Å². The highest BCUT2D eigenvalue weighted by Crippen LogP contribution is 2.29. The third-order valence-corrected chi connectivity index (χ3v) is 4.73. The van der Waals surface area contributed by atoms with Crippen LogP contribution in [0.3, 0.4) is 0 Å². The summed E-state index contributed by atoms with van der Waals surface area (Å²) in [5.41, 5.74) is 2.24. The minimum absolute atomic E-state index is 0. The molecule has 0 fully saturated rings. The van der Waals surface area contributed by atoms with Gasteiger partial charge in [-0.2, -0.15) is 0 Å². The lowest BCUT2D eigenvalue weighted by Gasteiger charge is -2.27. The van der Waals surface area contributed by atoms with Crippen LogP contribution in [-0.2, 0) is 16.0 Å². The van der Waals surface area contributed by atoms with Gasteiger partial charge >= 0.3 is 0 Å². The molecule has 3 N–H and O–H groups in total. The van der Waals surface area contributed by atoms with E-state index in [1.165, 1.54) is 0 Å². The summed E-state index contributed by atoms with van der Waals surface area (Å²) >= 11 is 0. The van der Waals surface area contributed by atoms with Crippen LogP contribution in [0.2, 0.25) is 0 Å². The third-order valence-electron chi connectivity index (χ3n) is 4.73. The van der Waals surface area contributed by atoms with Crippen molar-refractivity contribution in [3.8, 4) is 5.75 Å². The molecule has 0 aliphatic carbocycles. The first-order valence-corrected chi connectivity index (χ1v) is 9.95. The molecule has 2 rings (SSSR count). The second-order valence-electron chi connectivity index (χ2n) is 8.53. The Bertz CT molecular complexity index is 816. The average molecular weight is 436 g/mol. The van der Waals surface area contributed by atoms with Crippen molar-refractivity contribution >= 4 is 24.2 Å². The normalized spacial score (nSPS) is 16.1. The van der Waals surface area contributed by atoms with Crippen LogP contribution >= 0.6 is 12.4 Å². The van der Waals surface area contributed by atoms with Gasteiger partial charge in [-0.1, -0.05) is 29.8 Å². The van der Waals surface area contributed by atoms with E-state index in [0.29, 0.717) is 30.8 Å². The summed E-state index contributed by atoms with van der Waals surface area (Å²) in [6, 6.07) is 5.85. The summed E-state index contributed by atoms with van der Waals surface area (Å²) in [5.74, 6) is 0.337. The Morgan fingerprint density at radius 2 is 1.83 bits per heavy atom. The van der Waals surface area contributed by atoms with Gasteiger partial charge in [0.2, 0.25) is 5.91 Å². The average Bonchev–Trinajstić information content (AvgIpc) is 2.85. The van der Waals surface area contributed by atoms with E-state index in [0.717, 1.165) is 11.1 Å². The summed E-state index contributed by atoms with van der Waals surface area (Å²) < 4.78 is 5.65. The molecular formula is C23H34ClN3O3. The zero-order chi connectivity index (χ0) is 21.7. The van der Waals surface area contributed by atoms with Gasteiger partial charge in [0.25, 0.3) is 5.91 Å². The lowest BCUT2D eigenvalue weighted by atomic mass is 9.96. The SMILES string of the molecule is C=CCc1cc(C)ccc1OCC(=O)NCCNC(=O)C1=CC(C)(C)NC1(C)C.Cl. The van der Waals surface area contributed by atoms with Gasteiger partial charge in [0, 0.05) is 29.7 Å². The molecule has 0 saturated heterocycles. The molecule has 0 unspecified atom stereocenters. The van der Waals surface area contributed by atoms with Crippen LogP contribution < -0.4 is 20.7 Å². The van der Waals surface area contributed by atoms with E-state index in [1.54, 1.807) is 0 Å². The van der Waals surface area contributed by atoms with E-state index in [2.05, 4.69) is 22.5 Å². The number of allylic oxidation sites excluding steroid dienone is 1. The molecule has 0 radical (unpaired) electrons. The summed E-state index contributed by atoms with van der Waals surface area (Å²) in [5, 5.41) is 9.04. The standard InChI is InChI=1S/C23H33N3O3.ClH/c1-7-8-17-13-16(2)9-10-19(17)29-15-20(27)24-11-12-25-21(28)18-14-22(3,4)26-23(18,5)6;/h7,9-10,13-14,26H,1,8,11-12,15H2,2-6H3,(H,24,27)(H,25,28);1H.